The van der Waals surface area contributed by atoms with Crippen LogP contribution in [0.15, 0.2) is 53.7 Å². The topological polar surface area (TPSA) is 95.6 Å². The molecular weight excluding hydrogens is 388 g/mol. The minimum absolute atomic E-state index is 0.0260. The number of aryl methyl sites for hydroxylation is 1. The van der Waals surface area contributed by atoms with E-state index in [1.54, 1.807) is 7.05 Å². The normalized spacial score (nSPS) is 16.1. The third-order valence-electron chi connectivity index (χ3n) is 5.83. The molecule has 1 fully saturated rings. The Morgan fingerprint density at radius 2 is 1.97 bits per heavy atom. The van der Waals surface area contributed by atoms with Crippen LogP contribution in [0.5, 0.6) is 0 Å². The number of benzene rings is 1. The molecule has 4 N–H and O–H groups in total. The minimum Gasteiger partial charge on any atom is -0.369 e. The second-order valence-corrected chi connectivity index (χ2v) is 8.15. The second kappa shape index (κ2) is 11.3. The van der Waals surface area contributed by atoms with E-state index in [4.69, 9.17) is 5.73 Å². The average Bonchev–Trinajstić information content (AvgIpc) is 2.81. The van der Waals surface area contributed by atoms with Crippen LogP contribution in [0, 0.1) is 5.92 Å². The fourth-order valence-corrected chi connectivity index (χ4v) is 3.94. The number of nitrogens with two attached hydrogens (primary N) is 1. The van der Waals surface area contributed by atoms with E-state index in [0.29, 0.717) is 12.6 Å². The number of rotatable bonds is 8. The van der Waals surface area contributed by atoms with Crippen molar-refractivity contribution in [2.45, 2.75) is 45.2 Å². The van der Waals surface area contributed by atoms with Gasteiger partial charge in [-0.2, -0.15) is 0 Å². The number of aromatic nitrogens is 1. The van der Waals surface area contributed by atoms with Crippen LogP contribution in [0.1, 0.15) is 37.3 Å². The van der Waals surface area contributed by atoms with Crippen LogP contribution in [0.4, 0.5) is 5.82 Å². The maximum absolute atomic E-state index is 11.4. The number of primary amides is 1. The van der Waals surface area contributed by atoms with Crippen molar-refractivity contribution in [3.63, 3.8) is 0 Å². The van der Waals surface area contributed by atoms with Gasteiger partial charge < -0.3 is 21.3 Å². The van der Waals surface area contributed by atoms with Crippen LogP contribution in [0.3, 0.4) is 0 Å². The number of carbonyl (C=O) groups excluding carboxylic acids is 1. The van der Waals surface area contributed by atoms with Crippen molar-refractivity contribution in [2.24, 2.45) is 16.6 Å². The predicted octanol–water partition coefficient (Wildman–Crippen LogP) is 2.47. The third-order valence-corrected chi connectivity index (χ3v) is 5.83. The summed E-state index contributed by atoms with van der Waals surface area (Å²) in [7, 11) is 1.79. The molecule has 31 heavy (non-hydrogen) atoms. The van der Waals surface area contributed by atoms with Gasteiger partial charge in [-0.25, -0.2) is 4.98 Å². The summed E-state index contributed by atoms with van der Waals surface area (Å²) >= 11 is 0. The van der Waals surface area contributed by atoms with Crippen LogP contribution in [-0.4, -0.2) is 43.0 Å². The SMILES string of the molecule is CN=C(NCc1cccnc1N1CCC(C(N)=O)CC1)NC(C)CCc1ccccc1. The summed E-state index contributed by atoms with van der Waals surface area (Å²) in [6.45, 7) is 4.39. The van der Waals surface area contributed by atoms with Crippen molar-refractivity contribution < 1.29 is 4.79 Å². The zero-order chi connectivity index (χ0) is 22.1. The standard InChI is InChI=1S/C24H34N6O/c1-18(10-11-19-7-4-3-5-8-19)29-24(26-2)28-17-21-9-6-14-27-23(21)30-15-12-20(13-16-30)22(25)31/h3-9,14,18,20H,10-13,15-17H2,1-2H3,(H2,25,31)(H2,26,28,29). The molecule has 2 heterocycles. The highest BCUT2D eigenvalue weighted by Crippen LogP contribution is 2.24. The summed E-state index contributed by atoms with van der Waals surface area (Å²) in [4.78, 5) is 22.7. The molecule has 0 radical (unpaired) electrons. The van der Waals surface area contributed by atoms with E-state index in [1.165, 1.54) is 5.56 Å². The number of pyridine rings is 1. The fourth-order valence-electron chi connectivity index (χ4n) is 3.94. The van der Waals surface area contributed by atoms with E-state index in [0.717, 1.165) is 56.1 Å². The first-order chi connectivity index (χ1) is 15.1. The van der Waals surface area contributed by atoms with Gasteiger partial charge >= 0.3 is 0 Å². The summed E-state index contributed by atoms with van der Waals surface area (Å²) in [6, 6.07) is 14.9. The second-order valence-electron chi connectivity index (χ2n) is 8.15. The number of nitrogens with one attached hydrogen (secondary N) is 2. The van der Waals surface area contributed by atoms with Gasteiger partial charge in [0.05, 0.1) is 0 Å². The van der Waals surface area contributed by atoms with Crippen molar-refractivity contribution in [1.82, 2.24) is 15.6 Å². The summed E-state index contributed by atoms with van der Waals surface area (Å²) in [5.41, 5.74) is 7.93. The van der Waals surface area contributed by atoms with Gasteiger partial charge in [-0.15, -0.1) is 0 Å². The maximum Gasteiger partial charge on any atom is 0.220 e. The van der Waals surface area contributed by atoms with Gasteiger partial charge in [0.25, 0.3) is 0 Å². The molecule has 1 aliphatic rings. The number of guanidine groups is 1. The molecule has 1 unspecified atom stereocenters. The van der Waals surface area contributed by atoms with Crippen molar-refractivity contribution in [3.8, 4) is 0 Å². The smallest absolute Gasteiger partial charge is 0.220 e. The van der Waals surface area contributed by atoms with E-state index in [9.17, 15) is 4.79 Å². The van der Waals surface area contributed by atoms with Crippen molar-refractivity contribution in [3.05, 3.63) is 59.8 Å². The predicted molar refractivity (Wildman–Crippen MR) is 126 cm³/mol. The number of hydrogen-bond acceptors (Lipinski definition) is 4. The lowest BCUT2D eigenvalue weighted by Crippen LogP contribution is -2.42. The van der Waals surface area contributed by atoms with E-state index in [1.807, 2.05) is 18.3 Å². The molecule has 1 atom stereocenters. The number of carbonyl (C=O) groups is 1. The van der Waals surface area contributed by atoms with Gasteiger partial charge in [0.2, 0.25) is 5.91 Å². The van der Waals surface area contributed by atoms with E-state index in [2.05, 4.69) is 62.8 Å². The number of anilines is 1. The molecule has 1 aliphatic heterocycles. The van der Waals surface area contributed by atoms with Gasteiger partial charge in [-0.3, -0.25) is 9.79 Å². The number of amides is 1. The quantitative estimate of drug-likeness (QED) is 0.449. The van der Waals surface area contributed by atoms with Gasteiger partial charge in [0.15, 0.2) is 5.96 Å². The number of piperidine rings is 1. The number of aliphatic imine (C=N–C) groups is 1. The minimum atomic E-state index is -0.196. The molecule has 7 nitrogen and oxygen atoms in total. The maximum atomic E-state index is 11.4. The van der Waals surface area contributed by atoms with Gasteiger partial charge in [0.1, 0.15) is 5.82 Å². The van der Waals surface area contributed by atoms with E-state index >= 15 is 0 Å². The zero-order valence-electron chi connectivity index (χ0n) is 18.6. The molecule has 1 saturated heterocycles. The van der Waals surface area contributed by atoms with Gasteiger partial charge in [-0.05, 0) is 44.2 Å². The molecule has 166 valence electrons. The Labute approximate surface area is 185 Å². The molecule has 1 aromatic carbocycles. The zero-order valence-corrected chi connectivity index (χ0v) is 18.6. The molecule has 1 aromatic heterocycles. The largest absolute Gasteiger partial charge is 0.369 e. The Morgan fingerprint density at radius 3 is 2.65 bits per heavy atom. The van der Waals surface area contributed by atoms with E-state index in [-0.39, 0.29) is 11.8 Å². The fraction of sp³-hybridized carbons (Fsp3) is 0.458. The molecular formula is C24H34N6O. The highest BCUT2D eigenvalue weighted by atomic mass is 16.1. The molecule has 3 rings (SSSR count). The summed E-state index contributed by atoms with van der Waals surface area (Å²) in [5.74, 6) is 1.52. The van der Waals surface area contributed by atoms with Crippen molar-refractivity contribution >= 4 is 17.7 Å². The first-order valence-electron chi connectivity index (χ1n) is 11.1. The van der Waals surface area contributed by atoms with Crippen LogP contribution in [-0.2, 0) is 17.8 Å². The lowest BCUT2D eigenvalue weighted by atomic mass is 9.96. The summed E-state index contributed by atoms with van der Waals surface area (Å²) < 4.78 is 0. The first kappa shape index (κ1) is 22.6. The molecule has 7 heteroatoms. The van der Waals surface area contributed by atoms with Gasteiger partial charge in [0, 0.05) is 50.4 Å². The summed E-state index contributed by atoms with van der Waals surface area (Å²) in [6.07, 6.45) is 5.43. The van der Waals surface area contributed by atoms with Gasteiger partial charge in [-0.1, -0.05) is 36.4 Å². The molecule has 0 bridgehead atoms. The Balaban J connectivity index is 1.52. The number of hydrogen-bond donors (Lipinski definition) is 3. The summed E-state index contributed by atoms with van der Waals surface area (Å²) in [5, 5.41) is 6.90. The highest BCUT2D eigenvalue weighted by molar-refractivity contribution is 5.80. The lowest BCUT2D eigenvalue weighted by Gasteiger charge is -2.32. The molecule has 0 saturated carbocycles. The highest BCUT2D eigenvalue weighted by Gasteiger charge is 2.25. The Morgan fingerprint density at radius 1 is 1.23 bits per heavy atom. The van der Waals surface area contributed by atoms with E-state index < -0.39 is 0 Å². The Bertz CT molecular complexity index is 861. The first-order valence-corrected chi connectivity index (χ1v) is 11.1. The number of nitrogens with zero attached hydrogens (tertiary/aromatic N) is 3. The lowest BCUT2D eigenvalue weighted by molar-refractivity contribution is -0.122. The van der Waals surface area contributed by atoms with Crippen LogP contribution >= 0.6 is 0 Å². The van der Waals surface area contributed by atoms with Crippen molar-refractivity contribution in [2.75, 3.05) is 25.0 Å². The monoisotopic (exact) mass is 422 g/mol. The Kier molecular flexibility index (Phi) is 8.27. The molecule has 0 spiro atoms. The van der Waals surface area contributed by atoms with Crippen molar-refractivity contribution in [1.29, 1.82) is 0 Å². The molecule has 2 aromatic rings. The Hall–Kier alpha value is -3.09. The molecule has 1 amide bonds. The van der Waals surface area contributed by atoms with Crippen LogP contribution in [0.2, 0.25) is 0 Å². The van der Waals surface area contributed by atoms with Crippen LogP contribution < -0.4 is 21.3 Å². The average molecular weight is 423 g/mol. The van der Waals surface area contributed by atoms with Crippen LogP contribution in [0.25, 0.3) is 0 Å². The molecule has 0 aliphatic carbocycles. The third kappa shape index (κ3) is 6.70.